The number of benzene rings is 2. The molecule has 0 aliphatic rings. The first-order valence-electron chi connectivity index (χ1n) is 5.74. The lowest BCUT2D eigenvalue weighted by molar-refractivity contribution is 0.103. The zero-order chi connectivity index (χ0) is 13.0. The normalized spacial score (nSPS) is 10.3. The second-order valence-electron chi connectivity index (χ2n) is 4.07. The second-order valence-corrected chi connectivity index (χ2v) is 4.98. The van der Waals surface area contributed by atoms with Gasteiger partial charge in [0, 0.05) is 22.1 Å². The van der Waals surface area contributed by atoms with Crippen LogP contribution in [-0.4, -0.2) is 12.8 Å². The van der Waals surface area contributed by atoms with Gasteiger partial charge in [0.1, 0.15) is 0 Å². The Labute approximate surface area is 115 Å². The van der Waals surface area contributed by atoms with Crippen molar-refractivity contribution in [1.82, 2.24) is 5.32 Å². The van der Waals surface area contributed by atoms with Crippen molar-refractivity contribution >= 4 is 21.7 Å². The van der Waals surface area contributed by atoms with Crippen molar-refractivity contribution in [3.8, 4) is 0 Å². The SMILES string of the molecule is CNCc1cccc(C(=O)c2ccc(Br)cc2)c1. The second kappa shape index (κ2) is 5.94. The van der Waals surface area contributed by atoms with Crippen LogP contribution in [-0.2, 0) is 6.54 Å². The summed E-state index contributed by atoms with van der Waals surface area (Å²) in [5.41, 5.74) is 2.55. The van der Waals surface area contributed by atoms with E-state index >= 15 is 0 Å². The van der Waals surface area contributed by atoms with Gasteiger partial charge in [0.25, 0.3) is 0 Å². The summed E-state index contributed by atoms with van der Waals surface area (Å²) in [7, 11) is 1.89. The van der Waals surface area contributed by atoms with E-state index in [4.69, 9.17) is 0 Å². The van der Waals surface area contributed by atoms with Crippen LogP contribution in [0, 0.1) is 0 Å². The molecule has 2 nitrogen and oxygen atoms in total. The molecule has 0 heterocycles. The molecule has 0 unspecified atom stereocenters. The standard InChI is InChI=1S/C15H14BrNO/c1-17-10-11-3-2-4-13(9-11)15(18)12-5-7-14(16)8-6-12/h2-9,17H,10H2,1H3. The topological polar surface area (TPSA) is 29.1 Å². The van der Waals surface area contributed by atoms with E-state index in [1.807, 2.05) is 55.6 Å². The van der Waals surface area contributed by atoms with Crippen LogP contribution in [0.4, 0.5) is 0 Å². The van der Waals surface area contributed by atoms with Gasteiger partial charge in [-0.1, -0.05) is 34.1 Å². The summed E-state index contributed by atoms with van der Waals surface area (Å²) < 4.78 is 0.975. The van der Waals surface area contributed by atoms with Crippen LogP contribution in [0.1, 0.15) is 21.5 Å². The van der Waals surface area contributed by atoms with Gasteiger partial charge in [0.2, 0.25) is 0 Å². The molecular weight excluding hydrogens is 290 g/mol. The summed E-state index contributed by atoms with van der Waals surface area (Å²) in [5, 5.41) is 3.08. The maximum Gasteiger partial charge on any atom is 0.193 e. The van der Waals surface area contributed by atoms with Gasteiger partial charge in [-0.25, -0.2) is 0 Å². The van der Waals surface area contributed by atoms with Crippen LogP contribution in [0.15, 0.2) is 53.0 Å². The Morgan fingerprint density at radius 1 is 1.11 bits per heavy atom. The summed E-state index contributed by atoms with van der Waals surface area (Å²) in [5.74, 6) is 0.0560. The molecule has 0 saturated heterocycles. The van der Waals surface area contributed by atoms with Crippen molar-refractivity contribution in [3.05, 3.63) is 69.7 Å². The lowest BCUT2D eigenvalue weighted by atomic mass is 10.0. The lowest BCUT2D eigenvalue weighted by Crippen LogP contribution is -2.07. The number of rotatable bonds is 4. The molecule has 2 rings (SSSR count). The molecule has 0 spiro atoms. The van der Waals surface area contributed by atoms with E-state index in [9.17, 15) is 4.79 Å². The predicted molar refractivity (Wildman–Crippen MR) is 76.8 cm³/mol. The molecule has 0 aliphatic carbocycles. The summed E-state index contributed by atoms with van der Waals surface area (Å²) in [4.78, 5) is 12.3. The van der Waals surface area contributed by atoms with Crippen LogP contribution >= 0.6 is 15.9 Å². The van der Waals surface area contributed by atoms with Crippen molar-refractivity contribution in [3.63, 3.8) is 0 Å². The smallest absolute Gasteiger partial charge is 0.193 e. The van der Waals surface area contributed by atoms with Crippen molar-refractivity contribution in [2.45, 2.75) is 6.54 Å². The van der Waals surface area contributed by atoms with Crippen molar-refractivity contribution in [2.75, 3.05) is 7.05 Å². The third kappa shape index (κ3) is 3.06. The van der Waals surface area contributed by atoms with E-state index in [0.717, 1.165) is 22.1 Å². The van der Waals surface area contributed by atoms with E-state index < -0.39 is 0 Å². The molecule has 92 valence electrons. The molecule has 0 saturated carbocycles. The zero-order valence-corrected chi connectivity index (χ0v) is 11.7. The Balaban J connectivity index is 2.28. The highest BCUT2D eigenvalue weighted by atomic mass is 79.9. The van der Waals surface area contributed by atoms with Crippen molar-refractivity contribution < 1.29 is 4.79 Å². The number of carbonyl (C=O) groups excluding carboxylic acids is 1. The van der Waals surface area contributed by atoms with Crippen molar-refractivity contribution in [1.29, 1.82) is 0 Å². The molecular formula is C15H14BrNO. The number of carbonyl (C=O) groups is 1. The molecule has 0 radical (unpaired) electrons. The minimum Gasteiger partial charge on any atom is -0.316 e. The molecule has 2 aromatic carbocycles. The third-order valence-electron chi connectivity index (χ3n) is 2.68. The zero-order valence-electron chi connectivity index (χ0n) is 10.1. The quantitative estimate of drug-likeness (QED) is 0.877. The van der Waals surface area contributed by atoms with Gasteiger partial charge < -0.3 is 5.32 Å². The summed E-state index contributed by atoms with van der Waals surface area (Å²) >= 11 is 3.36. The highest BCUT2D eigenvalue weighted by Gasteiger charge is 2.09. The van der Waals surface area contributed by atoms with Crippen LogP contribution < -0.4 is 5.32 Å². The molecule has 0 fully saturated rings. The van der Waals surface area contributed by atoms with E-state index in [1.165, 1.54) is 0 Å². The monoisotopic (exact) mass is 303 g/mol. The number of hydrogen-bond donors (Lipinski definition) is 1. The Hall–Kier alpha value is -1.45. The van der Waals surface area contributed by atoms with E-state index in [1.54, 1.807) is 0 Å². The lowest BCUT2D eigenvalue weighted by Gasteiger charge is -2.04. The van der Waals surface area contributed by atoms with Gasteiger partial charge in [-0.15, -0.1) is 0 Å². The molecule has 18 heavy (non-hydrogen) atoms. The van der Waals surface area contributed by atoms with Gasteiger partial charge in [0.15, 0.2) is 5.78 Å². The predicted octanol–water partition coefficient (Wildman–Crippen LogP) is 3.40. The maximum atomic E-state index is 12.3. The average Bonchev–Trinajstić information content (AvgIpc) is 2.39. The molecule has 1 N–H and O–H groups in total. The fourth-order valence-corrected chi connectivity index (χ4v) is 2.06. The minimum absolute atomic E-state index is 0.0560. The highest BCUT2D eigenvalue weighted by molar-refractivity contribution is 9.10. The van der Waals surface area contributed by atoms with Crippen LogP contribution in [0.3, 0.4) is 0 Å². The highest BCUT2D eigenvalue weighted by Crippen LogP contribution is 2.15. The first-order valence-corrected chi connectivity index (χ1v) is 6.54. The van der Waals surface area contributed by atoms with Gasteiger partial charge in [-0.05, 0) is 42.9 Å². The molecule has 0 aliphatic heterocycles. The van der Waals surface area contributed by atoms with Gasteiger partial charge in [0.05, 0.1) is 0 Å². The van der Waals surface area contributed by atoms with Crippen LogP contribution in [0.2, 0.25) is 0 Å². The molecule has 0 amide bonds. The fourth-order valence-electron chi connectivity index (χ4n) is 1.79. The Kier molecular flexibility index (Phi) is 4.28. The van der Waals surface area contributed by atoms with Gasteiger partial charge in [-0.2, -0.15) is 0 Å². The molecule has 0 bridgehead atoms. The number of halogens is 1. The van der Waals surface area contributed by atoms with Gasteiger partial charge >= 0.3 is 0 Å². The number of nitrogens with one attached hydrogen (secondary N) is 1. The molecule has 2 aromatic rings. The van der Waals surface area contributed by atoms with Crippen molar-refractivity contribution in [2.24, 2.45) is 0 Å². The van der Waals surface area contributed by atoms with E-state index in [0.29, 0.717) is 5.56 Å². The maximum absolute atomic E-state index is 12.3. The summed E-state index contributed by atoms with van der Waals surface area (Å²) in [6, 6.07) is 15.1. The summed E-state index contributed by atoms with van der Waals surface area (Å²) in [6.45, 7) is 0.765. The average molecular weight is 304 g/mol. The van der Waals surface area contributed by atoms with Crippen LogP contribution in [0.5, 0.6) is 0 Å². The Morgan fingerprint density at radius 3 is 2.50 bits per heavy atom. The summed E-state index contributed by atoms with van der Waals surface area (Å²) in [6.07, 6.45) is 0. The van der Waals surface area contributed by atoms with E-state index in [2.05, 4.69) is 21.2 Å². The third-order valence-corrected chi connectivity index (χ3v) is 3.21. The molecule has 3 heteroatoms. The van der Waals surface area contributed by atoms with Crippen LogP contribution in [0.25, 0.3) is 0 Å². The first kappa shape index (κ1) is 13.0. The Morgan fingerprint density at radius 2 is 1.83 bits per heavy atom. The Bertz CT molecular complexity index is 549. The van der Waals surface area contributed by atoms with E-state index in [-0.39, 0.29) is 5.78 Å². The minimum atomic E-state index is 0.0560. The molecule has 0 atom stereocenters. The molecule has 0 aromatic heterocycles. The first-order chi connectivity index (χ1) is 8.70. The fraction of sp³-hybridized carbons (Fsp3) is 0.133. The largest absolute Gasteiger partial charge is 0.316 e. The number of ketones is 1. The number of hydrogen-bond acceptors (Lipinski definition) is 2. The van der Waals surface area contributed by atoms with Gasteiger partial charge in [-0.3, -0.25) is 4.79 Å².